The van der Waals surface area contributed by atoms with Crippen molar-refractivity contribution in [3.05, 3.63) is 0 Å². The molecule has 0 aliphatic heterocycles. The normalized spacial score (nSPS) is 15.5. The van der Waals surface area contributed by atoms with E-state index < -0.39 is 42.0 Å². The number of carboxylic acids is 1. The molecule has 0 spiro atoms. The first-order valence-corrected chi connectivity index (χ1v) is 7.41. The Labute approximate surface area is 139 Å². The van der Waals surface area contributed by atoms with Crippen molar-refractivity contribution in [1.29, 1.82) is 5.41 Å². The number of nitrogens with two attached hydrogens (primary N) is 2. The van der Waals surface area contributed by atoms with Gasteiger partial charge in [0.1, 0.15) is 6.04 Å². The van der Waals surface area contributed by atoms with Crippen LogP contribution in [0, 0.1) is 5.41 Å². The fraction of sp³-hybridized carbons (Fsp3) is 0.692. The number of rotatable bonds is 10. The largest absolute Gasteiger partial charge is 0.480 e. The van der Waals surface area contributed by atoms with Crippen LogP contribution in [0.15, 0.2) is 0 Å². The molecule has 0 aliphatic carbocycles. The zero-order valence-corrected chi connectivity index (χ0v) is 13.7. The van der Waals surface area contributed by atoms with E-state index in [0.29, 0.717) is 19.4 Å². The van der Waals surface area contributed by atoms with E-state index >= 15 is 0 Å². The fourth-order valence-electron chi connectivity index (χ4n) is 1.73. The van der Waals surface area contributed by atoms with E-state index in [1.54, 1.807) is 0 Å². The summed E-state index contributed by atoms with van der Waals surface area (Å²) in [6.45, 7) is 2.99. The lowest BCUT2D eigenvalue weighted by molar-refractivity contribution is -0.145. The van der Waals surface area contributed by atoms with Crippen molar-refractivity contribution in [3.63, 3.8) is 0 Å². The zero-order valence-electron chi connectivity index (χ0n) is 13.7. The summed E-state index contributed by atoms with van der Waals surface area (Å²) in [6, 6.07) is -3.34. The Morgan fingerprint density at radius 1 is 1.17 bits per heavy atom. The van der Waals surface area contributed by atoms with Crippen LogP contribution in [0.25, 0.3) is 0 Å². The molecule has 0 saturated heterocycles. The summed E-state index contributed by atoms with van der Waals surface area (Å²) in [5.74, 6) is -2.87. The van der Waals surface area contributed by atoms with E-state index in [1.807, 2.05) is 0 Å². The van der Waals surface area contributed by atoms with Crippen molar-refractivity contribution < 1.29 is 24.6 Å². The minimum absolute atomic E-state index is 0.176. The van der Waals surface area contributed by atoms with Crippen LogP contribution in [0.5, 0.6) is 0 Å². The van der Waals surface area contributed by atoms with E-state index in [1.165, 1.54) is 13.8 Å². The number of nitrogens with one attached hydrogen (secondary N) is 4. The van der Waals surface area contributed by atoms with Gasteiger partial charge in [0, 0.05) is 6.54 Å². The maximum Gasteiger partial charge on any atom is 0.328 e. The minimum Gasteiger partial charge on any atom is -0.480 e. The third kappa shape index (κ3) is 8.29. The second-order valence-corrected chi connectivity index (χ2v) is 5.38. The van der Waals surface area contributed by atoms with Crippen LogP contribution in [-0.2, 0) is 14.4 Å². The lowest BCUT2D eigenvalue weighted by Gasteiger charge is -2.21. The molecule has 0 aromatic rings. The van der Waals surface area contributed by atoms with E-state index in [9.17, 15) is 19.5 Å². The van der Waals surface area contributed by atoms with Gasteiger partial charge in [-0.05, 0) is 26.7 Å². The second-order valence-electron chi connectivity index (χ2n) is 5.38. The standard InChI is InChI=1S/C13H26N6O5/c1-6(10(21)19-9(7(2)20)12(23)24)18-11(22)8(14)4-3-5-17-13(15)16/h6-9,20H,3-5,14H2,1-2H3,(H,18,22)(H,19,21)(H,23,24)(H4,15,16,17)/t6-,7+,8-,9-/m0/s1. The molecule has 0 aromatic heterocycles. The van der Waals surface area contributed by atoms with Crippen molar-refractivity contribution >= 4 is 23.7 Å². The molecule has 0 bridgehead atoms. The van der Waals surface area contributed by atoms with Gasteiger partial charge in [-0.25, -0.2) is 4.79 Å². The molecule has 0 aromatic carbocycles. The molecule has 11 heteroatoms. The lowest BCUT2D eigenvalue weighted by atomic mass is 10.1. The molecule has 0 fully saturated rings. The predicted octanol–water partition coefficient (Wildman–Crippen LogP) is -2.97. The van der Waals surface area contributed by atoms with Gasteiger partial charge in [-0.3, -0.25) is 15.0 Å². The molecule has 2 amide bonds. The Bertz CT molecular complexity index is 470. The van der Waals surface area contributed by atoms with Gasteiger partial charge < -0.3 is 37.6 Å². The monoisotopic (exact) mass is 346 g/mol. The average molecular weight is 346 g/mol. The highest BCUT2D eigenvalue weighted by molar-refractivity contribution is 5.91. The number of carboxylic acid groups (broad SMARTS) is 1. The molecule has 0 rings (SSSR count). The van der Waals surface area contributed by atoms with Gasteiger partial charge in [0.15, 0.2) is 12.0 Å². The quantitative estimate of drug-likeness (QED) is 0.116. The summed E-state index contributed by atoms with van der Waals surface area (Å²) in [5, 5.41) is 32.3. The number of carbonyl (C=O) groups is 3. The van der Waals surface area contributed by atoms with E-state index in [0.717, 1.165) is 0 Å². The van der Waals surface area contributed by atoms with Gasteiger partial charge in [-0.1, -0.05) is 0 Å². The Balaban J connectivity index is 4.34. The van der Waals surface area contributed by atoms with Gasteiger partial charge in [-0.15, -0.1) is 0 Å². The Morgan fingerprint density at radius 3 is 2.21 bits per heavy atom. The molecule has 10 N–H and O–H groups in total. The molecule has 0 unspecified atom stereocenters. The van der Waals surface area contributed by atoms with Gasteiger partial charge >= 0.3 is 5.97 Å². The fourth-order valence-corrected chi connectivity index (χ4v) is 1.73. The highest BCUT2D eigenvalue weighted by Crippen LogP contribution is 1.97. The number of amides is 2. The summed E-state index contributed by atoms with van der Waals surface area (Å²) >= 11 is 0. The van der Waals surface area contributed by atoms with Crippen molar-refractivity contribution in [2.75, 3.05) is 6.54 Å². The van der Waals surface area contributed by atoms with E-state index in [4.69, 9.17) is 22.0 Å². The first-order valence-electron chi connectivity index (χ1n) is 7.41. The van der Waals surface area contributed by atoms with E-state index in [-0.39, 0.29) is 5.96 Å². The molecule has 138 valence electrons. The molecule has 4 atom stereocenters. The molecule has 0 aliphatic rings. The van der Waals surface area contributed by atoms with Crippen LogP contribution in [-0.4, -0.2) is 64.7 Å². The molecule has 24 heavy (non-hydrogen) atoms. The highest BCUT2D eigenvalue weighted by atomic mass is 16.4. The van der Waals surface area contributed by atoms with Crippen LogP contribution >= 0.6 is 0 Å². The third-order valence-corrected chi connectivity index (χ3v) is 3.14. The minimum atomic E-state index is -1.47. The maximum absolute atomic E-state index is 11.9. The molecule has 0 heterocycles. The number of guanidine groups is 1. The zero-order chi connectivity index (χ0) is 18.9. The summed E-state index contributed by atoms with van der Waals surface area (Å²) in [6.07, 6.45) is -0.477. The Morgan fingerprint density at radius 2 is 1.75 bits per heavy atom. The summed E-state index contributed by atoms with van der Waals surface area (Å²) in [7, 11) is 0. The molecular formula is C13H26N6O5. The van der Waals surface area contributed by atoms with Crippen LogP contribution in [0.4, 0.5) is 0 Å². The SMILES string of the molecule is C[C@H](NC(=O)[C@@H](N)CCCNC(=N)N)C(=O)N[C@H](C(=O)O)[C@@H](C)O. The highest BCUT2D eigenvalue weighted by Gasteiger charge is 2.28. The van der Waals surface area contributed by atoms with E-state index in [2.05, 4.69) is 16.0 Å². The number of hydrogen-bond donors (Lipinski definition) is 8. The topological polar surface area (TPSA) is 204 Å². The van der Waals surface area contributed by atoms with Crippen molar-refractivity contribution in [2.45, 2.75) is 50.9 Å². The summed E-state index contributed by atoms with van der Waals surface area (Å²) in [5.41, 5.74) is 10.8. The third-order valence-electron chi connectivity index (χ3n) is 3.14. The molecule has 11 nitrogen and oxygen atoms in total. The first-order chi connectivity index (χ1) is 11.1. The van der Waals surface area contributed by atoms with Gasteiger partial charge in [-0.2, -0.15) is 0 Å². The van der Waals surface area contributed by atoms with Gasteiger partial charge in [0.05, 0.1) is 12.1 Å². The van der Waals surface area contributed by atoms with Crippen LogP contribution < -0.4 is 27.4 Å². The van der Waals surface area contributed by atoms with Crippen molar-refractivity contribution in [3.8, 4) is 0 Å². The summed E-state index contributed by atoms with van der Waals surface area (Å²) < 4.78 is 0. The average Bonchev–Trinajstić information content (AvgIpc) is 2.47. The van der Waals surface area contributed by atoms with Crippen LogP contribution in [0.1, 0.15) is 26.7 Å². The first kappa shape index (κ1) is 21.6. The number of aliphatic carboxylic acids is 1. The van der Waals surface area contributed by atoms with Crippen LogP contribution in [0.3, 0.4) is 0 Å². The maximum atomic E-state index is 11.9. The molecular weight excluding hydrogens is 320 g/mol. The number of hydrogen-bond acceptors (Lipinski definition) is 6. The Kier molecular flexibility index (Phi) is 9.35. The van der Waals surface area contributed by atoms with Crippen molar-refractivity contribution in [2.24, 2.45) is 11.5 Å². The molecule has 0 saturated carbocycles. The van der Waals surface area contributed by atoms with Crippen molar-refractivity contribution in [1.82, 2.24) is 16.0 Å². The number of aliphatic hydroxyl groups is 1. The summed E-state index contributed by atoms with van der Waals surface area (Å²) in [4.78, 5) is 34.6. The van der Waals surface area contributed by atoms with Gasteiger partial charge in [0.2, 0.25) is 11.8 Å². The second kappa shape index (κ2) is 10.4. The molecule has 0 radical (unpaired) electrons. The smallest absolute Gasteiger partial charge is 0.328 e. The van der Waals surface area contributed by atoms with Gasteiger partial charge in [0.25, 0.3) is 0 Å². The number of aliphatic hydroxyl groups excluding tert-OH is 1. The number of carbonyl (C=O) groups excluding carboxylic acids is 2. The lowest BCUT2D eigenvalue weighted by Crippen LogP contribution is -2.55. The van der Waals surface area contributed by atoms with Crippen LogP contribution in [0.2, 0.25) is 0 Å². The predicted molar refractivity (Wildman–Crippen MR) is 86.0 cm³/mol. The Hall–Kier alpha value is -2.40.